The van der Waals surface area contributed by atoms with E-state index in [1.54, 1.807) is 16.2 Å². The predicted octanol–water partition coefficient (Wildman–Crippen LogP) is 0.869. The molecule has 1 aromatic rings. The number of nitrogens with zero attached hydrogens (tertiary/aromatic N) is 1. The lowest BCUT2D eigenvalue weighted by Gasteiger charge is -2.36. The first-order valence-corrected chi connectivity index (χ1v) is 7.61. The Kier molecular flexibility index (Phi) is 4.77. The molecule has 1 aliphatic heterocycles. The number of thiophene rings is 1. The van der Waals surface area contributed by atoms with Crippen molar-refractivity contribution >= 4 is 23.2 Å². The first kappa shape index (κ1) is 15.0. The monoisotopic (exact) mass is 296 g/mol. The molecule has 20 heavy (non-hydrogen) atoms. The Morgan fingerprint density at radius 2 is 2.30 bits per heavy atom. The highest BCUT2D eigenvalue weighted by molar-refractivity contribution is 7.10. The Morgan fingerprint density at radius 3 is 2.85 bits per heavy atom. The Morgan fingerprint density at radius 1 is 1.55 bits per heavy atom. The second kappa shape index (κ2) is 6.37. The molecule has 110 valence electrons. The lowest BCUT2D eigenvalue weighted by molar-refractivity contribution is -0.135. The van der Waals surface area contributed by atoms with E-state index in [0.717, 1.165) is 6.42 Å². The maximum atomic E-state index is 11.9. The Balaban J connectivity index is 1.94. The van der Waals surface area contributed by atoms with Gasteiger partial charge in [0.15, 0.2) is 0 Å². The van der Waals surface area contributed by atoms with Crippen molar-refractivity contribution in [3.63, 3.8) is 0 Å². The minimum atomic E-state index is -0.539. The van der Waals surface area contributed by atoms with Gasteiger partial charge in [0.2, 0.25) is 11.8 Å². The average Bonchev–Trinajstić information content (AvgIpc) is 2.82. The summed E-state index contributed by atoms with van der Waals surface area (Å²) in [6, 6.07) is 2.06. The van der Waals surface area contributed by atoms with Gasteiger partial charge in [0.05, 0.1) is 12.6 Å². The molecule has 1 saturated heterocycles. The molecule has 1 fully saturated rings. The van der Waals surface area contributed by atoms with E-state index in [0.29, 0.717) is 13.1 Å². The molecule has 2 atom stereocenters. The minimum absolute atomic E-state index is 0.00471. The number of amides is 2. The van der Waals surface area contributed by atoms with E-state index in [-0.39, 0.29) is 24.3 Å². The van der Waals surface area contributed by atoms with Gasteiger partial charge in [-0.15, -0.1) is 11.3 Å². The summed E-state index contributed by atoms with van der Waals surface area (Å²) in [4.78, 5) is 25.6. The topological polar surface area (TPSA) is 69.6 Å². The highest BCUT2D eigenvalue weighted by Crippen LogP contribution is 2.33. The molecule has 0 unspecified atom stereocenters. The molecule has 1 aliphatic rings. The zero-order valence-corrected chi connectivity index (χ0v) is 12.6. The van der Waals surface area contributed by atoms with Crippen molar-refractivity contribution in [3.05, 3.63) is 21.9 Å². The smallest absolute Gasteiger partial charge is 0.242 e. The third-order valence-corrected chi connectivity index (χ3v) is 4.81. The SMILES string of the molecule is CC(=O)NCC(=O)N1CC[C@@H](c2sccc2C)[C@H](O)C1. The molecule has 1 aromatic heterocycles. The van der Waals surface area contributed by atoms with E-state index >= 15 is 0 Å². The normalized spacial score (nSPS) is 22.6. The summed E-state index contributed by atoms with van der Waals surface area (Å²) in [6.07, 6.45) is 0.219. The summed E-state index contributed by atoms with van der Waals surface area (Å²) >= 11 is 1.66. The number of hydrogen-bond donors (Lipinski definition) is 2. The molecule has 2 amide bonds. The molecule has 0 aromatic carbocycles. The number of aryl methyl sites for hydroxylation is 1. The van der Waals surface area contributed by atoms with Crippen LogP contribution in [0.25, 0.3) is 0 Å². The van der Waals surface area contributed by atoms with Crippen LogP contribution in [-0.4, -0.2) is 47.6 Å². The van der Waals surface area contributed by atoms with E-state index < -0.39 is 6.10 Å². The molecular weight excluding hydrogens is 276 g/mol. The van der Waals surface area contributed by atoms with Gasteiger partial charge in [-0.05, 0) is 30.4 Å². The maximum Gasteiger partial charge on any atom is 0.242 e. The van der Waals surface area contributed by atoms with Crippen molar-refractivity contribution in [1.29, 1.82) is 0 Å². The molecule has 0 radical (unpaired) electrons. The number of carbonyl (C=O) groups is 2. The number of hydrogen-bond acceptors (Lipinski definition) is 4. The van der Waals surface area contributed by atoms with Crippen molar-refractivity contribution in [1.82, 2.24) is 10.2 Å². The van der Waals surface area contributed by atoms with Crippen LogP contribution in [-0.2, 0) is 9.59 Å². The molecule has 0 saturated carbocycles. The fourth-order valence-electron chi connectivity index (χ4n) is 2.54. The standard InChI is InChI=1S/C14H20N2O3S/c1-9-4-6-20-14(9)11-3-5-16(8-12(11)18)13(19)7-15-10(2)17/h4,6,11-12,18H,3,5,7-8H2,1-2H3,(H,15,17)/t11-,12-/m1/s1. The zero-order chi connectivity index (χ0) is 14.7. The fraction of sp³-hybridized carbons (Fsp3) is 0.571. The summed E-state index contributed by atoms with van der Waals surface area (Å²) in [5.41, 5.74) is 1.21. The molecule has 5 nitrogen and oxygen atoms in total. The molecule has 6 heteroatoms. The summed E-state index contributed by atoms with van der Waals surface area (Å²) < 4.78 is 0. The van der Waals surface area contributed by atoms with Gasteiger partial charge < -0.3 is 15.3 Å². The van der Waals surface area contributed by atoms with Crippen molar-refractivity contribution in [3.8, 4) is 0 Å². The summed E-state index contributed by atoms with van der Waals surface area (Å²) in [5.74, 6) is -0.247. The van der Waals surface area contributed by atoms with Gasteiger partial charge in [0, 0.05) is 30.8 Å². The fourth-order valence-corrected chi connectivity index (χ4v) is 3.66. The van der Waals surface area contributed by atoms with E-state index in [2.05, 4.69) is 11.4 Å². The van der Waals surface area contributed by atoms with Crippen LogP contribution < -0.4 is 5.32 Å². The van der Waals surface area contributed by atoms with Crippen LogP contribution in [0.1, 0.15) is 29.7 Å². The van der Waals surface area contributed by atoms with Crippen molar-refractivity contribution in [2.75, 3.05) is 19.6 Å². The molecule has 0 aliphatic carbocycles. The van der Waals surface area contributed by atoms with Crippen LogP contribution in [0, 0.1) is 6.92 Å². The number of likely N-dealkylation sites (tertiary alicyclic amines) is 1. The van der Waals surface area contributed by atoms with Gasteiger partial charge in [0.25, 0.3) is 0 Å². The first-order chi connectivity index (χ1) is 9.49. The number of aliphatic hydroxyl groups is 1. The number of aliphatic hydroxyl groups excluding tert-OH is 1. The summed E-state index contributed by atoms with van der Waals surface area (Å²) in [6.45, 7) is 4.39. The van der Waals surface area contributed by atoms with E-state index in [4.69, 9.17) is 0 Å². The van der Waals surface area contributed by atoms with Crippen molar-refractivity contribution in [2.45, 2.75) is 32.3 Å². The Labute approximate surface area is 122 Å². The largest absolute Gasteiger partial charge is 0.391 e. The second-order valence-corrected chi connectivity index (χ2v) is 6.13. The molecule has 0 bridgehead atoms. The predicted molar refractivity (Wildman–Crippen MR) is 77.7 cm³/mol. The third kappa shape index (κ3) is 3.37. The summed E-state index contributed by atoms with van der Waals surface area (Å²) in [7, 11) is 0. The van der Waals surface area contributed by atoms with Crippen LogP contribution in [0.5, 0.6) is 0 Å². The lowest BCUT2D eigenvalue weighted by atomic mass is 9.90. The second-order valence-electron chi connectivity index (χ2n) is 5.18. The number of nitrogens with one attached hydrogen (secondary N) is 1. The average molecular weight is 296 g/mol. The van der Waals surface area contributed by atoms with Crippen LogP contribution in [0.2, 0.25) is 0 Å². The number of β-amino-alcohol motifs (C(OH)–C–C–N with tert-alkyl or cyclic N) is 1. The van der Waals surface area contributed by atoms with Gasteiger partial charge in [-0.2, -0.15) is 0 Å². The lowest BCUT2D eigenvalue weighted by Crippen LogP contribution is -2.48. The van der Waals surface area contributed by atoms with Gasteiger partial charge in [-0.25, -0.2) is 0 Å². The zero-order valence-electron chi connectivity index (χ0n) is 11.8. The minimum Gasteiger partial charge on any atom is -0.391 e. The summed E-state index contributed by atoms with van der Waals surface area (Å²) in [5, 5.41) is 14.8. The van der Waals surface area contributed by atoms with Crippen LogP contribution in [0.4, 0.5) is 0 Å². The number of rotatable bonds is 3. The van der Waals surface area contributed by atoms with E-state index in [1.807, 2.05) is 12.3 Å². The van der Waals surface area contributed by atoms with Gasteiger partial charge >= 0.3 is 0 Å². The Bertz CT molecular complexity index is 500. The quantitative estimate of drug-likeness (QED) is 0.869. The molecule has 2 heterocycles. The van der Waals surface area contributed by atoms with Crippen LogP contribution >= 0.6 is 11.3 Å². The highest BCUT2D eigenvalue weighted by Gasteiger charge is 2.32. The Hall–Kier alpha value is -1.40. The molecular formula is C14H20N2O3S. The van der Waals surface area contributed by atoms with Gasteiger partial charge in [-0.3, -0.25) is 9.59 Å². The van der Waals surface area contributed by atoms with Gasteiger partial charge in [0.1, 0.15) is 0 Å². The van der Waals surface area contributed by atoms with Crippen molar-refractivity contribution in [2.24, 2.45) is 0 Å². The molecule has 2 N–H and O–H groups in total. The van der Waals surface area contributed by atoms with Gasteiger partial charge in [-0.1, -0.05) is 0 Å². The highest BCUT2D eigenvalue weighted by atomic mass is 32.1. The third-order valence-electron chi connectivity index (χ3n) is 3.66. The van der Waals surface area contributed by atoms with E-state index in [1.165, 1.54) is 17.4 Å². The number of carbonyl (C=O) groups excluding carboxylic acids is 2. The molecule has 2 rings (SSSR count). The molecule has 0 spiro atoms. The first-order valence-electron chi connectivity index (χ1n) is 6.73. The number of piperidine rings is 1. The van der Waals surface area contributed by atoms with E-state index in [9.17, 15) is 14.7 Å². The maximum absolute atomic E-state index is 11.9. The van der Waals surface area contributed by atoms with Crippen LogP contribution in [0.3, 0.4) is 0 Å². The van der Waals surface area contributed by atoms with Crippen LogP contribution in [0.15, 0.2) is 11.4 Å². The van der Waals surface area contributed by atoms with Crippen molar-refractivity contribution < 1.29 is 14.7 Å².